The highest BCUT2D eigenvalue weighted by Crippen LogP contribution is 2.19. The quantitative estimate of drug-likeness (QED) is 0.743. The van der Waals surface area contributed by atoms with Gasteiger partial charge >= 0.3 is 0 Å². The van der Waals surface area contributed by atoms with Crippen LogP contribution in [0.15, 0.2) is 22.7 Å². The molecule has 1 aromatic carbocycles. The highest BCUT2D eigenvalue weighted by Gasteiger charge is 2.10. The Morgan fingerprint density at radius 2 is 2.00 bits per heavy atom. The van der Waals surface area contributed by atoms with Gasteiger partial charge in [-0.3, -0.25) is 0 Å². The zero-order valence-electron chi connectivity index (χ0n) is 13.6. The molecular weight excluding hydrogens is 281 g/mol. The van der Waals surface area contributed by atoms with E-state index in [2.05, 4.69) is 29.0 Å². The second-order valence-corrected chi connectivity index (χ2v) is 5.74. The van der Waals surface area contributed by atoms with E-state index in [1.807, 2.05) is 6.07 Å². The van der Waals surface area contributed by atoms with E-state index in [1.165, 1.54) is 18.9 Å². The summed E-state index contributed by atoms with van der Waals surface area (Å²) in [4.78, 5) is 6.66. The zero-order valence-corrected chi connectivity index (χ0v) is 13.6. The second-order valence-electron chi connectivity index (χ2n) is 5.74. The average molecular weight is 305 g/mol. The van der Waals surface area contributed by atoms with E-state index in [4.69, 9.17) is 4.52 Å². The number of nitrogens with zero attached hydrogens (tertiary/aromatic N) is 3. The fourth-order valence-corrected chi connectivity index (χ4v) is 2.25. The lowest BCUT2D eigenvalue weighted by Gasteiger charge is -2.14. The molecule has 0 N–H and O–H groups in total. The Bertz CT molecular complexity index is 597. The van der Waals surface area contributed by atoms with Gasteiger partial charge in [0.2, 0.25) is 11.7 Å². The molecule has 2 rings (SSSR count). The van der Waals surface area contributed by atoms with Crippen LogP contribution in [0.5, 0.6) is 0 Å². The van der Waals surface area contributed by atoms with Crippen molar-refractivity contribution in [1.82, 2.24) is 15.0 Å². The van der Waals surface area contributed by atoms with Crippen molar-refractivity contribution >= 4 is 0 Å². The normalized spacial score (nSPS) is 11.3. The Labute approximate surface area is 131 Å². The highest BCUT2D eigenvalue weighted by atomic mass is 19.1. The molecule has 0 unspecified atom stereocenters. The Kier molecular flexibility index (Phi) is 6.07. The second kappa shape index (κ2) is 8.03. The molecule has 0 saturated heterocycles. The van der Waals surface area contributed by atoms with E-state index in [0.29, 0.717) is 22.8 Å². The fraction of sp³-hybridized carbons (Fsp3) is 0.529. The van der Waals surface area contributed by atoms with Crippen LogP contribution in [0.3, 0.4) is 0 Å². The Morgan fingerprint density at radius 3 is 2.73 bits per heavy atom. The first-order valence-electron chi connectivity index (χ1n) is 7.87. The maximum absolute atomic E-state index is 13.6. The highest BCUT2D eigenvalue weighted by molar-refractivity contribution is 5.54. The fourth-order valence-electron chi connectivity index (χ4n) is 2.25. The lowest BCUT2D eigenvalue weighted by Crippen LogP contribution is -2.21. The van der Waals surface area contributed by atoms with Gasteiger partial charge in [-0.2, -0.15) is 4.98 Å². The van der Waals surface area contributed by atoms with Crippen molar-refractivity contribution < 1.29 is 8.91 Å². The van der Waals surface area contributed by atoms with E-state index in [-0.39, 0.29) is 5.82 Å². The van der Waals surface area contributed by atoms with Gasteiger partial charge in [-0.25, -0.2) is 4.39 Å². The van der Waals surface area contributed by atoms with E-state index in [0.717, 1.165) is 25.9 Å². The predicted molar refractivity (Wildman–Crippen MR) is 85.2 cm³/mol. The molecule has 4 nitrogen and oxygen atoms in total. The molecule has 1 heterocycles. The summed E-state index contributed by atoms with van der Waals surface area (Å²) in [6, 6.07) is 4.98. The summed E-state index contributed by atoms with van der Waals surface area (Å²) in [6.45, 7) is 6.06. The molecule has 0 radical (unpaired) electrons. The first kappa shape index (κ1) is 16.6. The molecule has 120 valence electrons. The van der Waals surface area contributed by atoms with Crippen LogP contribution in [0.2, 0.25) is 0 Å². The molecule has 0 atom stereocenters. The van der Waals surface area contributed by atoms with Gasteiger partial charge in [0.15, 0.2) is 0 Å². The van der Waals surface area contributed by atoms with Gasteiger partial charge in [0.05, 0.1) is 0 Å². The monoisotopic (exact) mass is 305 g/mol. The smallest absolute Gasteiger partial charge is 0.227 e. The lowest BCUT2D eigenvalue weighted by atomic mass is 10.1. The van der Waals surface area contributed by atoms with Crippen LogP contribution in [0.25, 0.3) is 11.4 Å². The number of aromatic nitrogens is 2. The standard InChI is InChI=1S/C17H24FN3O/c1-4-5-10-21(3)11-6-7-16-19-17(20-22-16)14-9-8-13(2)15(18)12-14/h8-9,12H,4-7,10-11H2,1-3H3. The molecule has 2 aromatic rings. The maximum atomic E-state index is 13.6. The molecule has 0 spiro atoms. The summed E-state index contributed by atoms with van der Waals surface area (Å²) in [5.41, 5.74) is 1.26. The summed E-state index contributed by atoms with van der Waals surface area (Å²) in [5, 5.41) is 3.94. The minimum absolute atomic E-state index is 0.249. The van der Waals surface area contributed by atoms with E-state index in [1.54, 1.807) is 13.0 Å². The maximum Gasteiger partial charge on any atom is 0.227 e. The third-order valence-corrected chi connectivity index (χ3v) is 3.72. The molecule has 0 fully saturated rings. The molecule has 0 aliphatic rings. The van der Waals surface area contributed by atoms with Crippen molar-refractivity contribution in [2.75, 3.05) is 20.1 Å². The van der Waals surface area contributed by atoms with Gasteiger partial charge in [0.25, 0.3) is 0 Å². The molecule has 1 aromatic heterocycles. The minimum Gasteiger partial charge on any atom is -0.339 e. The predicted octanol–water partition coefficient (Wildman–Crippen LogP) is 3.85. The minimum atomic E-state index is -0.249. The van der Waals surface area contributed by atoms with Crippen molar-refractivity contribution in [1.29, 1.82) is 0 Å². The Morgan fingerprint density at radius 1 is 1.23 bits per heavy atom. The van der Waals surface area contributed by atoms with Crippen LogP contribution in [0.4, 0.5) is 4.39 Å². The van der Waals surface area contributed by atoms with E-state index in [9.17, 15) is 4.39 Å². The van der Waals surface area contributed by atoms with Crippen LogP contribution in [0.1, 0.15) is 37.6 Å². The van der Waals surface area contributed by atoms with Gasteiger partial charge in [-0.05, 0) is 51.5 Å². The summed E-state index contributed by atoms with van der Waals surface area (Å²) in [5.74, 6) is 0.814. The van der Waals surface area contributed by atoms with Gasteiger partial charge in [-0.1, -0.05) is 30.6 Å². The number of aryl methyl sites for hydroxylation is 2. The van der Waals surface area contributed by atoms with Crippen LogP contribution < -0.4 is 0 Å². The van der Waals surface area contributed by atoms with Gasteiger partial charge < -0.3 is 9.42 Å². The molecule has 0 aliphatic carbocycles. The molecule has 5 heteroatoms. The van der Waals surface area contributed by atoms with Gasteiger partial charge in [0.1, 0.15) is 5.82 Å². The summed E-state index contributed by atoms with van der Waals surface area (Å²) in [7, 11) is 2.13. The number of halogens is 1. The SMILES string of the molecule is CCCCN(C)CCCc1nc(-c2ccc(C)c(F)c2)no1. The van der Waals surface area contributed by atoms with Crippen LogP contribution >= 0.6 is 0 Å². The molecule has 0 amide bonds. The largest absolute Gasteiger partial charge is 0.339 e. The molecular formula is C17H24FN3O. The third kappa shape index (κ3) is 4.63. The van der Waals surface area contributed by atoms with Crippen molar-refractivity contribution in [3.63, 3.8) is 0 Å². The lowest BCUT2D eigenvalue weighted by molar-refractivity contribution is 0.311. The van der Waals surface area contributed by atoms with Crippen molar-refractivity contribution in [2.45, 2.75) is 39.5 Å². The van der Waals surface area contributed by atoms with Crippen molar-refractivity contribution in [3.05, 3.63) is 35.5 Å². The van der Waals surface area contributed by atoms with E-state index >= 15 is 0 Å². The van der Waals surface area contributed by atoms with Crippen molar-refractivity contribution in [3.8, 4) is 11.4 Å². The molecule has 22 heavy (non-hydrogen) atoms. The zero-order chi connectivity index (χ0) is 15.9. The van der Waals surface area contributed by atoms with Crippen LogP contribution in [-0.2, 0) is 6.42 Å². The topological polar surface area (TPSA) is 42.2 Å². The van der Waals surface area contributed by atoms with Crippen LogP contribution in [0, 0.1) is 12.7 Å². The van der Waals surface area contributed by atoms with Gasteiger partial charge in [-0.15, -0.1) is 0 Å². The Hall–Kier alpha value is -1.75. The van der Waals surface area contributed by atoms with Gasteiger partial charge in [0, 0.05) is 12.0 Å². The number of rotatable bonds is 8. The average Bonchev–Trinajstić information content (AvgIpc) is 2.97. The number of hydrogen-bond acceptors (Lipinski definition) is 4. The number of hydrogen-bond donors (Lipinski definition) is 0. The molecule has 0 aliphatic heterocycles. The molecule has 0 bridgehead atoms. The molecule has 0 saturated carbocycles. The first-order valence-corrected chi connectivity index (χ1v) is 7.87. The number of unbranched alkanes of at least 4 members (excludes halogenated alkanes) is 1. The Balaban J connectivity index is 1.87. The van der Waals surface area contributed by atoms with Crippen molar-refractivity contribution in [2.24, 2.45) is 0 Å². The van der Waals surface area contributed by atoms with Crippen LogP contribution in [-0.4, -0.2) is 35.2 Å². The van der Waals surface area contributed by atoms with E-state index < -0.39 is 0 Å². The third-order valence-electron chi connectivity index (χ3n) is 3.72. The summed E-state index contributed by atoms with van der Waals surface area (Å²) < 4.78 is 18.8. The number of benzene rings is 1. The first-order chi connectivity index (χ1) is 10.6. The summed E-state index contributed by atoms with van der Waals surface area (Å²) in [6.07, 6.45) is 4.16. The summed E-state index contributed by atoms with van der Waals surface area (Å²) >= 11 is 0.